The predicted molar refractivity (Wildman–Crippen MR) is 113 cm³/mol. The second kappa shape index (κ2) is 6.98. The van der Waals surface area contributed by atoms with E-state index in [9.17, 15) is 4.79 Å². The highest BCUT2D eigenvalue weighted by molar-refractivity contribution is 7.21. The van der Waals surface area contributed by atoms with E-state index in [1.54, 1.807) is 6.20 Å². The lowest BCUT2D eigenvalue weighted by Gasteiger charge is -2.07. The number of nitrogens with one attached hydrogen (secondary N) is 2. The summed E-state index contributed by atoms with van der Waals surface area (Å²) < 4.78 is 1.98. The van der Waals surface area contributed by atoms with Crippen LogP contribution in [0.15, 0.2) is 73.3 Å². The first-order valence-electron chi connectivity index (χ1n) is 9.15. The van der Waals surface area contributed by atoms with Crippen molar-refractivity contribution in [3.05, 3.63) is 83.8 Å². The van der Waals surface area contributed by atoms with E-state index in [0.29, 0.717) is 11.4 Å². The Labute approximate surface area is 165 Å². The van der Waals surface area contributed by atoms with E-state index in [1.807, 2.05) is 59.6 Å². The van der Waals surface area contributed by atoms with Crippen molar-refractivity contribution in [2.75, 3.05) is 6.54 Å². The molecule has 0 spiro atoms. The van der Waals surface area contributed by atoms with E-state index in [4.69, 9.17) is 0 Å². The third-order valence-corrected chi connectivity index (χ3v) is 5.97. The number of thiophene rings is 1. The fourth-order valence-electron chi connectivity index (χ4n) is 3.54. The zero-order valence-electron chi connectivity index (χ0n) is 15.1. The van der Waals surface area contributed by atoms with Gasteiger partial charge in [-0.25, -0.2) is 4.98 Å². The van der Waals surface area contributed by atoms with Gasteiger partial charge in [0.15, 0.2) is 0 Å². The van der Waals surface area contributed by atoms with Crippen LogP contribution in [0.25, 0.3) is 26.8 Å². The number of hydrogen-bond donors (Lipinski definition) is 2. The van der Waals surface area contributed by atoms with Gasteiger partial charge in [-0.2, -0.15) is 0 Å². The van der Waals surface area contributed by atoms with Crippen molar-refractivity contribution in [1.29, 1.82) is 0 Å². The fourth-order valence-corrected chi connectivity index (χ4v) is 4.60. The van der Waals surface area contributed by atoms with Gasteiger partial charge in [-0.05, 0) is 42.3 Å². The molecule has 0 fully saturated rings. The van der Waals surface area contributed by atoms with E-state index >= 15 is 0 Å². The highest BCUT2D eigenvalue weighted by Gasteiger charge is 2.20. The molecule has 0 unspecified atom stereocenters. The standard InChI is InChI=1S/C22H18N4OS/c27-21(23-11-9-15-14-25-18-8-2-1-6-16(15)18)20-19(26-12-3-4-13-26)17-7-5-10-24-22(17)28-20/h1-8,10,12-14,25H,9,11H2,(H,23,27). The van der Waals surface area contributed by atoms with Gasteiger partial charge in [0, 0.05) is 47.6 Å². The quantitative estimate of drug-likeness (QED) is 0.466. The summed E-state index contributed by atoms with van der Waals surface area (Å²) >= 11 is 1.43. The molecule has 0 aliphatic rings. The fraction of sp³-hybridized carbons (Fsp3) is 0.0909. The van der Waals surface area contributed by atoms with E-state index in [1.165, 1.54) is 22.3 Å². The number of rotatable bonds is 5. The van der Waals surface area contributed by atoms with Crippen LogP contribution in [0.3, 0.4) is 0 Å². The van der Waals surface area contributed by atoms with Gasteiger partial charge >= 0.3 is 0 Å². The normalized spacial score (nSPS) is 11.3. The van der Waals surface area contributed by atoms with Crippen molar-refractivity contribution < 1.29 is 4.79 Å². The van der Waals surface area contributed by atoms with Crippen LogP contribution in [0.2, 0.25) is 0 Å². The largest absolute Gasteiger partial charge is 0.361 e. The molecule has 5 nitrogen and oxygen atoms in total. The molecule has 0 saturated heterocycles. The van der Waals surface area contributed by atoms with Crippen LogP contribution in [0, 0.1) is 0 Å². The molecule has 5 aromatic rings. The molecular formula is C22H18N4OS. The van der Waals surface area contributed by atoms with Gasteiger partial charge in [0.05, 0.1) is 5.69 Å². The number of hydrogen-bond acceptors (Lipinski definition) is 3. The molecule has 4 aromatic heterocycles. The summed E-state index contributed by atoms with van der Waals surface area (Å²) in [6.07, 6.45) is 8.47. The summed E-state index contributed by atoms with van der Waals surface area (Å²) in [4.78, 5) is 22.2. The third-order valence-electron chi connectivity index (χ3n) is 4.86. The first-order valence-corrected chi connectivity index (χ1v) is 9.97. The smallest absolute Gasteiger partial charge is 0.263 e. The van der Waals surface area contributed by atoms with Crippen LogP contribution in [0.1, 0.15) is 15.2 Å². The van der Waals surface area contributed by atoms with Gasteiger partial charge in [0.1, 0.15) is 9.71 Å². The number of amides is 1. The SMILES string of the molecule is O=C(NCCc1c[nH]c2ccccc12)c1sc2ncccc2c1-n1cccc1. The minimum Gasteiger partial charge on any atom is -0.361 e. The lowest BCUT2D eigenvalue weighted by atomic mass is 10.1. The molecule has 0 bridgehead atoms. The second-order valence-electron chi connectivity index (χ2n) is 6.59. The Morgan fingerprint density at radius 3 is 2.79 bits per heavy atom. The van der Waals surface area contributed by atoms with Crippen molar-refractivity contribution >= 4 is 38.4 Å². The van der Waals surface area contributed by atoms with Crippen molar-refractivity contribution in [2.45, 2.75) is 6.42 Å². The van der Waals surface area contributed by atoms with E-state index in [0.717, 1.165) is 27.8 Å². The van der Waals surface area contributed by atoms with Gasteiger partial charge in [0.2, 0.25) is 0 Å². The lowest BCUT2D eigenvalue weighted by molar-refractivity contribution is 0.0958. The Bertz CT molecular complexity index is 1270. The van der Waals surface area contributed by atoms with Crippen molar-refractivity contribution in [1.82, 2.24) is 19.9 Å². The molecule has 0 saturated carbocycles. The van der Waals surface area contributed by atoms with Crippen LogP contribution in [-0.4, -0.2) is 27.0 Å². The summed E-state index contributed by atoms with van der Waals surface area (Å²) in [5.74, 6) is -0.0634. The number of aromatic nitrogens is 3. The molecule has 0 aliphatic heterocycles. The average molecular weight is 386 g/mol. The summed E-state index contributed by atoms with van der Waals surface area (Å²) in [7, 11) is 0. The minimum absolute atomic E-state index is 0.0634. The van der Waals surface area contributed by atoms with E-state index < -0.39 is 0 Å². The molecular weight excluding hydrogens is 368 g/mol. The number of nitrogens with zero attached hydrogens (tertiary/aromatic N) is 2. The summed E-state index contributed by atoms with van der Waals surface area (Å²) in [5.41, 5.74) is 3.22. The maximum atomic E-state index is 13.0. The zero-order valence-corrected chi connectivity index (χ0v) is 15.9. The number of carbonyl (C=O) groups is 1. The number of carbonyl (C=O) groups excluding carboxylic acids is 1. The number of H-pyrrole nitrogens is 1. The van der Waals surface area contributed by atoms with Crippen molar-refractivity contribution in [3.8, 4) is 5.69 Å². The highest BCUT2D eigenvalue weighted by atomic mass is 32.1. The van der Waals surface area contributed by atoms with Crippen LogP contribution in [-0.2, 0) is 6.42 Å². The molecule has 6 heteroatoms. The molecule has 1 amide bonds. The number of para-hydroxylation sites is 1. The maximum absolute atomic E-state index is 13.0. The van der Waals surface area contributed by atoms with Crippen LogP contribution < -0.4 is 5.32 Å². The second-order valence-corrected chi connectivity index (χ2v) is 7.59. The molecule has 4 heterocycles. The van der Waals surface area contributed by atoms with Crippen molar-refractivity contribution in [3.63, 3.8) is 0 Å². The van der Waals surface area contributed by atoms with Crippen molar-refractivity contribution in [2.24, 2.45) is 0 Å². The molecule has 28 heavy (non-hydrogen) atoms. The number of fused-ring (bicyclic) bond motifs is 2. The lowest BCUT2D eigenvalue weighted by Crippen LogP contribution is -2.25. The molecule has 0 atom stereocenters. The monoisotopic (exact) mass is 386 g/mol. The zero-order chi connectivity index (χ0) is 18.9. The van der Waals surface area contributed by atoms with Crippen LogP contribution >= 0.6 is 11.3 Å². The maximum Gasteiger partial charge on any atom is 0.263 e. The molecule has 2 N–H and O–H groups in total. The number of pyridine rings is 1. The molecule has 5 rings (SSSR count). The first-order chi connectivity index (χ1) is 13.8. The van der Waals surface area contributed by atoms with E-state index in [-0.39, 0.29) is 5.91 Å². The Morgan fingerprint density at radius 2 is 1.89 bits per heavy atom. The Hall–Kier alpha value is -3.38. The molecule has 138 valence electrons. The number of benzene rings is 1. The van der Waals surface area contributed by atoms with Gasteiger partial charge in [0.25, 0.3) is 5.91 Å². The summed E-state index contributed by atoms with van der Waals surface area (Å²) in [6, 6.07) is 16.0. The number of aromatic amines is 1. The topological polar surface area (TPSA) is 62.7 Å². The molecule has 0 radical (unpaired) electrons. The first kappa shape index (κ1) is 16.8. The van der Waals surface area contributed by atoms with Crippen LogP contribution in [0.4, 0.5) is 0 Å². The van der Waals surface area contributed by atoms with Gasteiger partial charge in [-0.15, -0.1) is 11.3 Å². The summed E-state index contributed by atoms with van der Waals surface area (Å²) in [5, 5.41) is 5.28. The summed E-state index contributed by atoms with van der Waals surface area (Å²) in [6.45, 7) is 0.577. The minimum atomic E-state index is -0.0634. The van der Waals surface area contributed by atoms with Crippen LogP contribution in [0.5, 0.6) is 0 Å². The van der Waals surface area contributed by atoms with Gasteiger partial charge < -0.3 is 14.9 Å². The Balaban J connectivity index is 1.40. The Kier molecular flexibility index (Phi) is 4.18. The van der Waals surface area contributed by atoms with Gasteiger partial charge in [-0.3, -0.25) is 4.79 Å². The molecule has 1 aromatic carbocycles. The highest BCUT2D eigenvalue weighted by Crippen LogP contribution is 2.33. The average Bonchev–Trinajstić information content (AvgIpc) is 3.46. The van der Waals surface area contributed by atoms with Gasteiger partial charge in [-0.1, -0.05) is 18.2 Å². The Morgan fingerprint density at radius 1 is 1.07 bits per heavy atom. The van der Waals surface area contributed by atoms with E-state index in [2.05, 4.69) is 27.4 Å². The molecule has 0 aliphatic carbocycles. The predicted octanol–water partition coefficient (Wildman–Crippen LogP) is 4.54. The third kappa shape index (κ3) is 2.88.